The summed E-state index contributed by atoms with van der Waals surface area (Å²) in [4.78, 5) is 45.8. The molecule has 0 atom stereocenters. The van der Waals surface area contributed by atoms with E-state index in [9.17, 15) is 29.8 Å². The van der Waals surface area contributed by atoms with Crippen LogP contribution in [0.3, 0.4) is 0 Å². The molecule has 9 heteroatoms. The summed E-state index contributed by atoms with van der Waals surface area (Å²) < 4.78 is 0. The largest absolute Gasteiger partial charge is 0.270 e. The summed E-state index contributed by atoms with van der Waals surface area (Å²) in [7, 11) is 0. The van der Waals surface area contributed by atoms with Gasteiger partial charge in [0.25, 0.3) is 23.2 Å². The fourth-order valence-electron chi connectivity index (χ4n) is 2.44. The highest BCUT2D eigenvalue weighted by Crippen LogP contribution is 2.28. The van der Waals surface area contributed by atoms with Crippen molar-refractivity contribution >= 4 is 23.2 Å². The van der Waals surface area contributed by atoms with Crippen molar-refractivity contribution in [3.63, 3.8) is 0 Å². The van der Waals surface area contributed by atoms with Crippen molar-refractivity contribution in [3.05, 3.63) is 79.4 Å². The Labute approximate surface area is 134 Å². The Balaban J connectivity index is 1.88. The summed E-state index contributed by atoms with van der Waals surface area (Å²) in [5.74, 6) is -1.18. The lowest BCUT2D eigenvalue weighted by Gasteiger charge is -2.13. The number of carbonyl (C=O) groups excluding carboxylic acids is 2. The number of carbonyl (C=O) groups is 2. The van der Waals surface area contributed by atoms with E-state index in [4.69, 9.17) is 0 Å². The maximum Gasteiger partial charge on any atom is 0.270 e. The number of imide groups is 1. The highest BCUT2D eigenvalue weighted by atomic mass is 16.6. The molecule has 0 saturated heterocycles. The van der Waals surface area contributed by atoms with Crippen LogP contribution in [0.4, 0.5) is 11.4 Å². The van der Waals surface area contributed by atoms with Gasteiger partial charge in [-0.05, 0) is 11.6 Å². The number of nitrogens with zero attached hydrogens (tertiary/aromatic N) is 3. The molecule has 0 aliphatic carbocycles. The second-order valence-corrected chi connectivity index (χ2v) is 5.11. The zero-order valence-corrected chi connectivity index (χ0v) is 12.0. The first-order valence-electron chi connectivity index (χ1n) is 6.76. The van der Waals surface area contributed by atoms with Gasteiger partial charge in [0, 0.05) is 24.3 Å². The van der Waals surface area contributed by atoms with Crippen molar-refractivity contribution in [2.45, 2.75) is 6.54 Å². The Morgan fingerprint density at radius 3 is 1.92 bits per heavy atom. The van der Waals surface area contributed by atoms with Gasteiger partial charge in [0.05, 0.1) is 27.5 Å². The lowest BCUT2D eigenvalue weighted by Crippen LogP contribution is -2.29. The molecule has 3 rings (SSSR count). The molecule has 0 bridgehead atoms. The average Bonchev–Trinajstić information content (AvgIpc) is 2.80. The first-order valence-corrected chi connectivity index (χ1v) is 6.76. The fourth-order valence-corrected chi connectivity index (χ4v) is 2.44. The van der Waals surface area contributed by atoms with E-state index in [1.54, 1.807) is 0 Å². The van der Waals surface area contributed by atoms with E-state index >= 15 is 0 Å². The summed E-state index contributed by atoms with van der Waals surface area (Å²) in [6, 6.07) is 8.94. The lowest BCUT2D eigenvalue weighted by molar-refractivity contribution is -0.385. The zero-order valence-electron chi connectivity index (χ0n) is 12.0. The Morgan fingerprint density at radius 1 is 0.792 bits per heavy atom. The van der Waals surface area contributed by atoms with Gasteiger partial charge >= 0.3 is 0 Å². The molecule has 1 aliphatic rings. The van der Waals surface area contributed by atoms with Gasteiger partial charge in [-0.1, -0.05) is 12.1 Å². The number of benzene rings is 2. The Kier molecular flexibility index (Phi) is 3.53. The van der Waals surface area contributed by atoms with Crippen LogP contribution in [0.1, 0.15) is 26.3 Å². The minimum atomic E-state index is -0.642. The molecule has 2 aromatic carbocycles. The molecule has 9 nitrogen and oxygen atoms in total. The first-order chi connectivity index (χ1) is 11.4. The molecule has 120 valence electrons. The molecule has 0 unspecified atom stereocenters. The SMILES string of the molecule is O=C1c2ccc([N+](=O)[O-])cc2C(=O)N1Cc1ccc([N+](=O)[O-])cc1. The quantitative estimate of drug-likeness (QED) is 0.482. The number of nitro groups is 2. The van der Waals surface area contributed by atoms with Gasteiger partial charge < -0.3 is 0 Å². The summed E-state index contributed by atoms with van der Waals surface area (Å²) in [5, 5.41) is 21.4. The van der Waals surface area contributed by atoms with E-state index in [1.165, 1.54) is 36.4 Å². The summed E-state index contributed by atoms with van der Waals surface area (Å²) in [6.07, 6.45) is 0. The Morgan fingerprint density at radius 2 is 1.33 bits per heavy atom. The van der Waals surface area contributed by atoms with Gasteiger partial charge in [0.1, 0.15) is 0 Å². The molecular formula is C15H9N3O6. The highest BCUT2D eigenvalue weighted by Gasteiger charge is 2.36. The van der Waals surface area contributed by atoms with Crippen LogP contribution >= 0.6 is 0 Å². The van der Waals surface area contributed by atoms with Crippen molar-refractivity contribution in [2.75, 3.05) is 0 Å². The summed E-state index contributed by atoms with van der Waals surface area (Å²) in [5.41, 5.74) is 0.247. The van der Waals surface area contributed by atoms with Crippen molar-refractivity contribution in [1.29, 1.82) is 0 Å². The molecule has 2 amide bonds. The predicted octanol–water partition coefficient (Wildman–Crippen LogP) is 2.30. The number of hydrogen-bond acceptors (Lipinski definition) is 6. The third-order valence-corrected chi connectivity index (χ3v) is 3.65. The molecule has 2 aromatic rings. The van der Waals surface area contributed by atoms with E-state index in [2.05, 4.69) is 0 Å². The van der Waals surface area contributed by atoms with E-state index in [0.29, 0.717) is 5.56 Å². The number of rotatable bonds is 4. The van der Waals surface area contributed by atoms with Gasteiger partial charge in [-0.15, -0.1) is 0 Å². The van der Waals surface area contributed by atoms with Gasteiger partial charge in [-0.3, -0.25) is 34.7 Å². The predicted molar refractivity (Wildman–Crippen MR) is 80.4 cm³/mol. The second-order valence-electron chi connectivity index (χ2n) is 5.11. The standard InChI is InChI=1S/C15H9N3O6/c19-14-12-6-5-11(18(23)24)7-13(12)15(20)16(14)8-9-1-3-10(4-2-9)17(21)22/h1-7H,8H2. The van der Waals surface area contributed by atoms with Gasteiger partial charge in [0.2, 0.25) is 0 Å². The normalized spacial score (nSPS) is 13.1. The van der Waals surface area contributed by atoms with Crippen molar-refractivity contribution in [1.82, 2.24) is 4.90 Å². The molecule has 0 saturated carbocycles. The fraction of sp³-hybridized carbons (Fsp3) is 0.0667. The maximum atomic E-state index is 12.3. The molecule has 24 heavy (non-hydrogen) atoms. The lowest BCUT2D eigenvalue weighted by atomic mass is 10.1. The topological polar surface area (TPSA) is 124 Å². The molecule has 1 aliphatic heterocycles. The highest BCUT2D eigenvalue weighted by molar-refractivity contribution is 6.21. The van der Waals surface area contributed by atoms with E-state index in [-0.39, 0.29) is 29.0 Å². The monoisotopic (exact) mass is 327 g/mol. The molecule has 0 fully saturated rings. The Hall–Kier alpha value is -3.62. The van der Waals surface area contributed by atoms with Crippen LogP contribution in [-0.4, -0.2) is 26.6 Å². The van der Waals surface area contributed by atoms with Crippen LogP contribution < -0.4 is 0 Å². The number of fused-ring (bicyclic) bond motifs is 1. The van der Waals surface area contributed by atoms with Crippen LogP contribution in [-0.2, 0) is 6.54 Å². The zero-order chi connectivity index (χ0) is 17.4. The first kappa shape index (κ1) is 15.3. The molecule has 0 spiro atoms. The number of non-ortho nitro benzene ring substituents is 2. The van der Waals surface area contributed by atoms with Crippen LogP contribution in [0.15, 0.2) is 42.5 Å². The van der Waals surface area contributed by atoms with Crippen molar-refractivity contribution in [3.8, 4) is 0 Å². The van der Waals surface area contributed by atoms with Gasteiger partial charge in [-0.2, -0.15) is 0 Å². The molecule has 0 N–H and O–H groups in total. The van der Waals surface area contributed by atoms with Crippen LogP contribution in [0, 0.1) is 20.2 Å². The summed E-state index contributed by atoms with van der Waals surface area (Å²) in [6.45, 7) is -0.0713. The van der Waals surface area contributed by atoms with Crippen molar-refractivity contribution in [2.24, 2.45) is 0 Å². The van der Waals surface area contributed by atoms with E-state index < -0.39 is 21.7 Å². The van der Waals surface area contributed by atoms with Crippen LogP contribution in [0.5, 0.6) is 0 Å². The number of nitro benzene ring substituents is 2. The third kappa shape index (κ3) is 2.47. The van der Waals surface area contributed by atoms with Crippen LogP contribution in [0.2, 0.25) is 0 Å². The average molecular weight is 327 g/mol. The molecule has 1 heterocycles. The van der Waals surface area contributed by atoms with Crippen LogP contribution in [0.25, 0.3) is 0 Å². The number of hydrogen-bond donors (Lipinski definition) is 0. The van der Waals surface area contributed by atoms with Crippen molar-refractivity contribution < 1.29 is 19.4 Å². The smallest absolute Gasteiger partial charge is 0.270 e. The molecular weight excluding hydrogens is 318 g/mol. The summed E-state index contributed by atoms with van der Waals surface area (Å²) >= 11 is 0. The molecule has 0 aromatic heterocycles. The van der Waals surface area contributed by atoms with Gasteiger partial charge in [0.15, 0.2) is 0 Å². The number of amides is 2. The van der Waals surface area contributed by atoms with E-state index in [0.717, 1.165) is 11.0 Å². The van der Waals surface area contributed by atoms with Gasteiger partial charge in [-0.25, -0.2) is 0 Å². The van der Waals surface area contributed by atoms with E-state index in [1.807, 2.05) is 0 Å². The third-order valence-electron chi connectivity index (χ3n) is 3.65. The maximum absolute atomic E-state index is 12.3. The molecule has 0 radical (unpaired) electrons. The second kappa shape index (κ2) is 5.54. The minimum absolute atomic E-state index is 0.0175. The Bertz CT molecular complexity index is 891. The minimum Gasteiger partial charge on any atom is -0.270 e.